The maximum Gasteiger partial charge on any atom is 0.371 e. The number of aryl methyl sites for hydroxylation is 1. The maximum absolute atomic E-state index is 12.7. The van der Waals surface area contributed by atoms with Crippen LogP contribution in [0.5, 0.6) is 0 Å². The van der Waals surface area contributed by atoms with Gasteiger partial charge in [0.1, 0.15) is 10.7 Å². The number of carboxylic acids is 1. The smallest absolute Gasteiger partial charge is 0.371 e. The quantitative estimate of drug-likeness (QED) is 0.813. The summed E-state index contributed by atoms with van der Waals surface area (Å²) in [6.07, 6.45) is 0. The molecule has 1 N–H and O–H groups in total. The van der Waals surface area contributed by atoms with Crippen molar-refractivity contribution in [3.05, 3.63) is 17.6 Å². The topological polar surface area (TPSA) is 91.1 Å². The minimum atomic E-state index is -3.79. The number of aromatic carboxylic acids is 1. The van der Waals surface area contributed by atoms with E-state index in [1.165, 1.54) is 11.2 Å². The summed E-state index contributed by atoms with van der Waals surface area (Å²) in [7, 11) is -0.0624. The molecule has 0 spiro atoms. The summed E-state index contributed by atoms with van der Waals surface area (Å²) in [6.45, 7) is 5.87. The molecule has 1 rings (SSSR count). The average Bonchev–Trinajstić information content (AvgIpc) is 2.71. The van der Waals surface area contributed by atoms with Gasteiger partial charge in [0, 0.05) is 25.2 Å². The largest absolute Gasteiger partial charge is 0.475 e. The number of rotatable bonds is 7. The molecule has 7 nitrogen and oxygen atoms in total. The number of furan rings is 1. The van der Waals surface area contributed by atoms with Crippen molar-refractivity contribution in [2.24, 2.45) is 0 Å². The predicted molar refractivity (Wildman–Crippen MR) is 78.0 cm³/mol. The highest BCUT2D eigenvalue weighted by molar-refractivity contribution is 7.89. The van der Waals surface area contributed by atoms with E-state index in [4.69, 9.17) is 9.52 Å². The van der Waals surface area contributed by atoms with Gasteiger partial charge in [-0.2, -0.15) is 4.31 Å². The van der Waals surface area contributed by atoms with Gasteiger partial charge in [0.05, 0.1) is 0 Å². The van der Waals surface area contributed by atoms with Crippen molar-refractivity contribution in [2.45, 2.75) is 31.7 Å². The van der Waals surface area contributed by atoms with Gasteiger partial charge in [-0.05, 0) is 27.9 Å². The Morgan fingerprint density at radius 2 is 2.00 bits per heavy atom. The van der Waals surface area contributed by atoms with Crippen LogP contribution in [0.2, 0.25) is 0 Å². The molecule has 0 aliphatic rings. The second-order valence-corrected chi connectivity index (χ2v) is 7.01. The molecule has 1 atom stereocenters. The van der Waals surface area contributed by atoms with E-state index in [0.29, 0.717) is 13.1 Å². The van der Waals surface area contributed by atoms with Gasteiger partial charge in [-0.1, -0.05) is 6.92 Å². The van der Waals surface area contributed by atoms with E-state index in [2.05, 4.69) is 0 Å². The minimum absolute atomic E-state index is 0.0860. The van der Waals surface area contributed by atoms with Gasteiger partial charge in [-0.25, -0.2) is 13.2 Å². The van der Waals surface area contributed by atoms with Gasteiger partial charge in [0.2, 0.25) is 15.8 Å². The third-order valence-corrected chi connectivity index (χ3v) is 5.30. The number of carboxylic acid groups (broad SMARTS) is 1. The molecular formula is C13H22N2O5S. The van der Waals surface area contributed by atoms with Crippen LogP contribution in [-0.4, -0.2) is 61.9 Å². The summed E-state index contributed by atoms with van der Waals surface area (Å²) in [4.78, 5) is 12.7. The van der Waals surface area contributed by atoms with Crippen LogP contribution < -0.4 is 0 Å². The zero-order valence-electron chi connectivity index (χ0n) is 13.0. The lowest BCUT2D eigenvalue weighted by Gasteiger charge is -2.28. The normalized spacial score (nSPS) is 13.9. The Morgan fingerprint density at radius 1 is 1.43 bits per heavy atom. The van der Waals surface area contributed by atoms with E-state index in [9.17, 15) is 13.2 Å². The molecule has 0 fully saturated rings. The Balaban J connectivity index is 3.21. The summed E-state index contributed by atoms with van der Waals surface area (Å²) in [5.74, 6) is -1.57. The molecular weight excluding hydrogens is 296 g/mol. The fraction of sp³-hybridized carbons (Fsp3) is 0.615. The average molecular weight is 318 g/mol. The van der Waals surface area contributed by atoms with E-state index in [1.54, 1.807) is 6.92 Å². The fourth-order valence-corrected chi connectivity index (χ4v) is 4.09. The zero-order chi connectivity index (χ0) is 16.4. The molecule has 1 aromatic rings. The lowest BCUT2D eigenvalue weighted by atomic mass is 10.3. The molecule has 0 aliphatic carbocycles. The van der Waals surface area contributed by atoms with E-state index in [-0.39, 0.29) is 22.5 Å². The molecule has 0 saturated carbocycles. The number of nitrogens with zero attached hydrogens (tertiary/aromatic N) is 2. The summed E-state index contributed by atoms with van der Waals surface area (Å²) >= 11 is 0. The van der Waals surface area contributed by atoms with Gasteiger partial charge < -0.3 is 14.4 Å². The fourth-order valence-electron chi connectivity index (χ4n) is 2.29. The van der Waals surface area contributed by atoms with Crippen LogP contribution in [0, 0.1) is 6.92 Å². The molecule has 0 aromatic carbocycles. The first-order valence-corrected chi connectivity index (χ1v) is 8.05. The van der Waals surface area contributed by atoms with Crippen LogP contribution in [0.3, 0.4) is 0 Å². The predicted octanol–water partition coefficient (Wildman–Crippen LogP) is 1.25. The van der Waals surface area contributed by atoms with Crippen molar-refractivity contribution in [1.29, 1.82) is 0 Å². The molecule has 1 aromatic heterocycles. The van der Waals surface area contributed by atoms with Crippen LogP contribution in [0.15, 0.2) is 15.4 Å². The number of hydrogen-bond acceptors (Lipinski definition) is 5. The lowest BCUT2D eigenvalue weighted by molar-refractivity contribution is 0.0661. The number of sulfonamides is 1. The third-order valence-electron chi connectivity index (χ3n) is 3.10. The number of carbonyl (C=O) groups is 1. The summed E-state index contributed by atoms with van der Waals surface area (Å²) in [5, 5.41) is 8.90. The van der Waals surface area contributed by atoms with Gasteiger partial charge in [-0.3, -0.25) is 0 Å². The SMILES string of the molecule is CCN(C(C)CN(C)C)S(=O)(=O)c1cc(C(=O)O)oc1C. The van der Waals surface area contributed by atoms with Gasteiger partial charge >= 0.3 is 5.97 Å². The Kier molecular flexibility index (Phi) is 5.54. The van der Waals surface area contributed by atoms with Crippen molar-refractivity contribution in [1.82, 2.24) is 9.21 Å². The second-order valence-electron chi connectivity index (χ2n) is 5.16. The monoisotopic (exact) mass is 318 g/mol. The molecule has 21 heavy (non-hydrogen) atoms. The van der Waals surface area contributed by atoms with Crippen LogP contribution >= 0.6 is 0 Å². The van der Waals surface area contributed by atoms with Gasteiger partial charge in [0.15, 0.2) is 0 Å². The molecule has 8 heteroatoms. The molecule has 1 unspecified atom stereocenters. The Labute approximate surface area is 125 Å². The summed E-state index contributed by atoms with van der Waals surface area (Å²) < 4.78 is 31.7. The molecule has 0 amide bonds. The maximum atomic E-state index is 12.7. The molecule has 1 heterocycles. The van der Waals surface area contributed by atoms with Crippen molar-refractivity contribution < 1.29 is 22.7 Å². The lowest BCUT2D eigenvalue weighted by Crippen LogP contribution is -2.43. The molecule has 0 saturated heterocycles. The molecule has 0 radical (unpaired) electrons. The molecule has 120 valence electrons. The van der Waals surface area contributed by atoms with Crippen LogP contribution in [0.1, 0.15) is 30.2 Å². The van der Waals surface area contributed by atoms with Gasteiger partial charge in [-0.15, -0.1) is 0 Å². The van der Waals surface area contributed by atoms with Crippen LogP contribution in [-0.2, 0) is 10.0 Å². The highest BCUT2D eigenvalue weighted by Gasteiger charge is 2.32. The Bertz CT molecular complexity index is 606. The van der Waals surface area contributed by atoms with Crippen LogP contribution in [0.4, 0.5) is 0 Å². The zero-order valence-corrected chi connectivity index (χ0v) is 13.8. The van der Waals surface area contributed by atoms with Crippen molar-refractivity contribution in [2.75, 3.05) is 27.2 Å². The van der Waals surface area contributed by atoms with Crippen molar-refractivity contribution >= 4 is 16.0 Å². The summed E-state index contributed by atoms with van der Waals surface area (Å²) in [5.41, 5.74) is 0. The van der Waals surface area contributed by atoms with Crippen molar-refractivity contribution in [3.63, 3.8) is 0 Å². The first kappa shape index (κ1) is 17.7. The second kappa shape index (κ2) is 6.59. The van der Waals surface area contributed by atoms with E-state index in [1.807, 2.05) is 25.9 Å². The first-order chi connectivity index (χ1) is 9.61. The molecule has 0 aliphatic heterocycles. The minimum Gasteiger partial charge on any atom is -0.475 e. The van der Waals surface area contributed by atoms with E-state index < -0.39 is 16.0 Å². The standard InChI is InChI=1S/C13H22N2O5S/c1-6-15(9(2)8-14(4)5)21(18,19)12-7-11(13(16)17)20-10(12)3/h7,9H,6,8H2,1-5H3,(H,16,17). The molecule has 0 bridgehead atoms. The highest BCUT2D eigenvalue weighted by Crippen LogP contribution is 2.25. The van der Waals surface area contributed by atoms with E-state index >= 15 is 0 Å². The highest BCUT2D eigenvalue weighted by atomic mass is 32.2. The van der Waals surface area contributed by atoms with E-state index in [0.717, 1.165) is 6.07 Å². The summed E-state index contributed by atoms with van der Waals surface area (Å²) in [6, 6.07) is 0.829. The first-order valence-electron chi connectivity index (χ1n) is 6.61. The Hall–Kier alpha value is -1.38. The number of likely N-dealkylation sites (N-methyl/N-ethyl adjacent to an activating group) is 2. The number of hydrogen-bond donors (Lipinski definition) is 1. The Morgan fingerprint density at radius 3 is 2.38 bits per heavy atom. The third kappa shape index (κ3) is 3.84. The van der Waals surface area contributed by atoms with Gasteiger partial charge in [0.25, 0.3) is 0 Å². The van der Waals surface area contributed by atoms with Crippen LogP contribution in [0.25, 0.3) is 0 Å². The van der Waals surface area contributed by atoms with Crippen molar-refractivity contribution in [3.8, 4) is 0 Å².